The fourth-order valence-electron chi connectivity index (χ4n) is 1.13. The van der Waals surface area contributed by atoms with Crippen LogP contribution < -0.4 is 20.9 Å². The van der Waals surface area contributed by atoms with E-state index >= 15 is 0 Å². The monoisotopic (exact) mass is 296 g/mol. The summed E-state index contributed by atoms with van der Waals surface area (Å²) in [4.78, 5) is 54.0. The fraction of sp³-hybridized carbons (Fsp3) is 0. The van der Waals surface area contributed by atoms with E-state index < -0.39 is 46.8 Å². The van der Waals surface area contributed by atoms with E-state index in [9.17, 15) is 24.0 Å². The van der Waals surface area contributed by atoms with Crippen LogP contribution in [-0.2, 0) is 19.2 Å². The third-order valence-corrected chi connectivity index (χ3v) is 1.95. The molecule has 0 radical (unpaired) electrons. The van der Waals surface area contributed by atoms with Gasteiger partial charge in [0.2, 0.25) is 0 Å². The summed E-state index contributed by atoms with van der Waals surface area (Å²) in [5.41, 5.74) is 8.89. The molecule has 0 aliphatic heterocycles. The van der Waals surface area contributed by atoms with Crippen molar-refractivity contribution in [3.05, 3.63) is 23.8 Å². The first-order valence-corrected chi connectivity index (χ1v) is 5.12. The summed E-state index contributed by atoms with van der Waals surface area (Å²) >= 11 is 0. The van der Waals surface area contributed by atoms with Crippen LogP contribution in [0.3, 0.4) is 0 Å². The number of carbonyl (C=O) groups excluding carboxylic acids is 4. The maximum Gasteiger partial charge on any atom is 0.401 e. The molecule has 1 aromatic carbocycles. The Hall–Kier alpha value is -3.43. The van der Waals surface area contributed by atoms with Crippen LogP contribution in [0.1, 0.15) is 10.4 Å². The van der Waals surface area contributed by atoms with Crippen LogP contribution in [0.2, 0.25) is 0 Å². The maximum absolute atomic E-state index is 11.0. The van der Waals surface area contributed by atoms with Crippen LogP contribution in [0.15, 0.2) is 18.2 Å². The van der Waals surface area contributed by atoms with Crippen LogP contribution in [0.25, 0.3) is 0 Å². The summed E-state index contributed by atoms with van der Waals surface area (Å²) in [5, 5.41) is 8.86. The van der Waals surface area contributed by atoms with E-state index in [1.165, 1.54) is 0 Å². The lowest BCUT2D eigenvalue weighted by atomic mass is 10.2. The maximum atomic E-state index is 11.0. The van der Waals surface area contributed by atoms with E-state index in [0.29, 0.717) is 0 Å². The molecular weight excluding hydrogens is 288 g/mol. The van der Waals surface area contributed by atoms with Crippen molar-refractivity contribution in [1.82, 2.24) is 0 Å². The normalized spacial score (nSPS) is 9.52. The molecule has 0 spiro atoms. The number of esters is 2. The summed E-state index contributed by atoms with van der Waals surface area (Å²) in [6.45, 7) is 0. The molecule has 1 rings (SSSR count). The van der Waals surface area contributed by atoms with Gasteiger partial charge >= 0.3 is 29.7 Å². The number of benzene rings is 1. The molecule has 110 valence electrons. The van der Waals surface area contributed by atoms with Gasteiger partial charge in [0.1, 0.15) is 11.5 Å². The van der Waals surface area contributed by atoms with Crippen LogP contribution >= 0.6 is 0 Å². The molecule has 0 atom stereocenters. The highest BCUT2D eigenvalue weighted by molar-refractivity contribution is 6.32. The Kier molecular flexibility index (Phi) is 4.57. The van der Waals surface area contributed by atoms with Gasteiger partial charge in [0.25, 0.3) is 0 Å². The lowest BCUT2D eigenvalue weighted by Crippen LogP contribution is -2.28. The third-order valence-electron chi connectivity index (χ3n) is 1.95. The Morgan fingerprint density at radius 1 is 0.810 bits per heavy atom. The van der Waals surface area contributed by atoms with Crippen LogP contribution in [0.5, 0.6) is 11.5 Å². The molecule has 0 aliphatic carbocycles. The van der Waals surface area contributed by atoms with Gasteiger partial charge in [-0.1, -0.05) is 0 Å². The van der Waals surface area contributed by atoms with E-state index in [1.807, 2.05) is 0 Å². The van der Waals surface area contributed by atoms with E-state index in [2.05, 4.69) is 20.9 Å². The van der Waals surface area contributed by atoms with Crippen LogP contribution in [0, 0.1) is 0 Å². The number of amides is 2. The van der Waals surface area contributed by atoms with Gasteiger partial charge in [0.15, 0.2) is 0 Å². The summed E-state index contributed by atoms with van der Waals surface area (Å²) in [7, 11) is 0. The first-order chi connectivity index (χ1) is 9.70. The summed E-state index contributed by atoms with van der Waals surface area (Å²) < 4.78 is 8.93. The molecule has 21 heavy (non-hydrogen) atoms. The zero-order valence-corrected chi connectivity index (χ0v) is 10.2. The predicted octanol–water partition coefficient (Wildman–Crippen LogP) is -1.83. The Labute approximate surface area is 116 Å². The van der Waals surface area contributed by atoms with Crippen molar-refractivity contribution in [3.8, 4) is 11.5 Å². The Morgan fingerprint density at radius 3 is 1.48 bits per heavy atom. The number of hydrogen-bond acceptors (Lipinski definition) is 7. The molecule has 1 aromatic rings. The molecule has 5 N–H and O–H groups in total. The minimum absolute atomic E-state index is 0.425. The van der Waals surface area contributed by atoms with Gasteiger partial charge in [0.05, 0.1) is 5.56 Å². The topological polar surface area (TPSA) is 176 Å². The number of primary amides is 2. The standard InChI is InChI=1S/C11H8N2O8/c12-7(14)10(18)20-5-1-4(9(16)17)2-6(3-5)21-11(19)8(13)15/h1-3H,(H2,12,14)(H2,13,15)(H,16,17). The lowest BCUT2D eigenvalue weighted by Gasteiger charge is -2.07. The number of aromatic carboxylic acids is 1. The van der Waals surface area contributed by atoms with Gasteiger partial charge < -0.3 is 26.0 Å². The van der Waals surface area contributed by atoms with Crippen molar-refractivity contribution < 1.29 is 38.6 Å². The van der Waals surface area contributed by atoms with Crippen molar-refractivity contribution in [3.63, 3.8) is 0 Å². The molecule has 2 amide bonds. The van der Waals surface area contributed by atoms with E-state index in [-0.39, 0.29) is 0 Å². The highest BCUT2D eigenvalue weighted by atomic mass is 16.6. The molecule has 0 aliphatic rings. The van der Waals surface area contributed by atoms with Gasteiger partial charge in [-0.25, -0.2) is 14.4 Å². The Morgan fingerprint density at radius 2 is 1.19 bits per heavy atom. The fourth-order valence-corrected chi connectivity index (χ4v) is 1.13. The van der Waals surface area contributed by atoms with Crippen LogP contribution in [0.4, 0.5) is 0 Å². The molecular formula is C11H8N2O8. The molecule has 0 bridgehead atoms. The quantitative estimate of drug-likeness (QED) is 0.331. The molecule has 0 unspecified atom stereocenters. The van der Waals surface area contributed by atoms with Gasteiger partial charge in [-0.15, -0.1) is 0 Å². The minimum Gasteiger partial charge on any atom is -0.478 e. The molecule has 0 aromatic heterocycles. The Balaban J connectivity index is 3.14. The zero-order valence-electron chi connectivity index (χ0n) is 10.2. The molecule has 0 heterocycles. The van der Waals surface area contributed by atoms with Crippen molar-refractivity contribution in [2.75, 3.05) is 0 Å². The number of carboxylic acids is 1. The van der Waals surface area contributed by atoms with Gasteiger partial charge in [-0.3, -0.25) is 9.59 Å². The first kappa shape index (κ1) is 15.6. The second-order valence-electron chi connectivity index (χ2n) is 3.51. The first-order valence-electron chi connectivity index (χ1n) is 5.12. The van der Waals surface area contributed by atoms with E-state index in [0.717, 1.165) is 18.2 Å². The smallest absolute Gasteiger partial charge is 0.401 e. The van der Waals surface area contributed by atoms with Crippen molar-refractivity contribution >= 4 is 29.7 Å². The van der Waals surface area contributed by atoms with Gasteiger partial charge in [-0.2, -0.15) is 0 Å². The van der Waals surface area contributed by atoms with Crippen molar-refractivity contribution in [1.29, 1.82) is 0 Å². The number of carbonyl (C=O) groups is 5. The second kappa shape index (κ2) is 6.14. The SMILES string of the molecule is NC(=O)C(=O)Oc1cc(OC(=O)C(N)=O)cc(C(=O)O)c1. The third kappa shape index (κ3) is 4.31. The largest absolute Gasteiger partial charge is 0.478 e. The second-order valence-corrected chi connectivity index (χ2v) is 3.51. The van der Waals surface area contributed by atoms with Crippen molar-refractivity contribution in [2.45, 2.75) is 0 Å². The molecule has 0 fully saturated rings. The molecule has 0 saturated carbocycles. The summed E-state index contributed by atoms with van der Waals surface area (Å²) in [6.07, 6.45) is 0. The molecule has 10 heteroatoms. The Bertz CT molecular complexity index is 605. The number of nitrogens with two attached hydrogens (primary N) is 2. The molecule has 0 saturated heterocycles. The van der Waals surface area contributed by atoms with Gasteiger partial charge in [0, 0.05) is 6.07 Å². The predicted molar refractivity (Wildman–Crippen MR) is 63.1 cm³/mol. The van der Waals surface area contributed by atoms with E-state index in [1.54, 1.807) is 0 Å². The highest BCUT2D eigenvalue weighted by Gasteiger charge is 2.18. The number of hydrogen-bond donors (Lipinski definition) is 3. The number of rotatable bonds is 3. The minimum atomic E-state index is -1.45. The molecule has 10 nitrogen and oxygen atoms in total. The van der Waals surface area contributed by atoms with E-state index in [4.69, 9.17) is 5.11 Å². The summed E-state index contributed by atoms with van der Waals surface area (Å²) in [5.74, 6) is -8.02. The average molecular weight is 296 g/mol. The lowest BCUT2D eigenvalue weighted by molar-refractivity contribution is -0.146. The number of carboxylic acid groups (broad SMARTS) is 1. The average Bonchev–Trinajstić information content (AvgIpc) is 2.37. The summed E-state index contributed by atoms with van der Waals surface area (Å²) in [6, 6.07) is 2.66. The highest BCUT2D eigenvalue weighted by Crippen LogP contribution is 2.23. The van der Waals surface area contributed by atoms with Gasteiger partial charge in [-0.05, 0) is 12.1 Å². The zero-order chi connectivity index (χ0) is 16.2. The van der Waals surface area contributed by atoms with Crippen molar-refractivity contribution in [2.24, 2.45) is 11.5 Å². The number of ether oxygens (including phenoxy) is 2. The van der Waals surface area contributed by atoms with Crippen LogP contribution in [-0.4, -0.2) is 34.8 Å².